The fraction of sp³-hybridized carbons (Fsp3) is 0.455. The van der Waals surface area contributed by atoms with Gasteiger partial charge in [-0.1, -0.05) is 0 Å². The zero-order valence-electron chi connectivity index (χ0n) is 10.3. The molecule has 0 spiro atoms. The molecule has 1 saturated heterocycles. The minimum absolute atomic E-state index is 0.0116. The quantitative estimate of drug-likeness (QED) is 0.805. The third-order valence-corrected chi connectivity index (χ3v) is 4.77. The Hall–Kier alpha value is -1.51. The highest BCUT2D eigenvalue weighted by Gasteiger charge is 2.38. The molecule has 1 fully saturated rings. The molecule has 1 aliphatic heterocycles. The van der Waals surface area contributed by atoms with Crippen LogP contribution in [0.15, 0.2) is 23.4 Å². The van der Waals surface area contributed by atoms with E-state index in [4.69, 9.17) is 5.11 Å². The molecule has 0 aliphatic carbocycles. The number of carboxylic acids is 1. The largest absolute Gasteiger partial charge is 0.478 e. The standard InChI is InChI=1S/C11H14N2O5S/c1-11(16)4-5-13(7-11)19(17,18)9-3-2-8(6-12-9)10(14)15/h2-3,6,16H,4-5,7H2,1H3,(H,14,15). The maximum absolute atomic E-state index is 12.2. The summed E-state index contributed by atoms with van der Waals surface area (Å²) in [6.45, 7) is 1.80. The van der Waals surface area contributed by atoms with Crippen molar-refractivity contribution < 1.29 is 23.4 Å². The fourth-order valence-electron chi connectivity index (χ4n) is 1.90. The minimum atomic E-state index is -3.78. The number of pyridine rings is 1. The van der Waals surface area contributed by atoms with E-state index in [0.29, 0.717) is 6.42 Å². The van der Waals surface area contributed by atoms with Gasteiger partial charge in [0.25, 0.3) is 10.0 Å². The van der Waals surface area contributed by atoms with Gasteiger partial charge in [-0.05, 0) is 25.5 Å². The summed E-state index contributed by atoms with van der Waals surface area (Å²) >= 11 is 0. The van der Waals surface area contributed by atoms with E-state index in [9.17, 15) is 18.3 Å². The van der Waals surface area contributed by atoms with Crippen molar-refractivity contribution in [2.45, 2.75) is 24.0 Å². The number of β-amino-alcohol motifs (C(OH)–C–C–N with tert-alkyl or cyclic N) is 1. The lowest BCUT2D eigenvalue weighted by Crippen LogP contribution is -2.34. The lowest BCUT2D eigenvalue weighted by atomic mass is 10.1. The third kappa shape index (κ3) is 2.75. The average Bonchev–Trinajstić information content (AvgIpc) is 2.70. The zero-order chi connectivity index (χ0) is 14.3. The first-order chi connectivity index (χ1) is 8.72. The number of hydrogen-bond donors (Lipinski definition) is 2. The maximum atomic E-state index is 12.2. The third-order valence-electron chi connectivity index (χ3n) is 3.00. The first-order valence-corrected chi connectivity index (χ1v) is 7.08. The van der Waals surface area contributed by atoms with Gasteiger partial charge in [0.2, 0.25) is 0 Å². The number of aliphatic hydroxyl groups is 1. The molecule has 1 aromatic rings. The van der Waals surface area contributed by atoms with E-state index in [1.165, 1.54) is 6.07 Å². The summed E-state index contributed by atoms with van der Waals surface area (Å²) in [7, 11) is -3.78. The molecular weight excluding hydrogens is 272 g/mol. The number of aromatic nitrogens is 1. The van der Waals surface area contributed by atoms with Crippen LogP contribution in [-0.4, -0.2) is 52.6 Å². The van der Waals surface area contributed by atoms with Crippen molar-refractivity contribution >= 4 is 16.0 Å². The molecule has 8 heteroatoms. The van der Waals surface area contributed by atoms with Crippen molar-refractivity contribution in [3.05, 3.63) is 23.9 Å². The molecule has 104 valence electrons. The van der Waals surface area contributed by atoms with Crippen LogP contribution in [0, 0.1) is 0 Å². The molecule has 7 nitrogen and oxygen atoms in total. The van der Waals surface area contributed by atoms with E-state index in [1.807, 2.05) is 0 Å². The smallest absolute Gasteiger partial charge is 0.337 e. The SMILES string of the molecule is CC1(O)CCN(S(=O)(=O)c2ccc(C(=O)O)cn2)C1. The van der Waals surface area contributed by atoms with Gasteiger partial charge in [-0.25, -0.2) is 18.2 Å². The Kier molecular flexibility index (Phi) is 3.33. The summed E-state index contributed by atoms with van der Waals surface area (Å²) in [5.41, 5.74) is -1.11. The summed E-state index contributed by atoms with van der Waals surface area (Å²) in [5, 5.41) is 18.3. The number of carbonyl (C=O) groups is 1. The molecule has 2 rings (SSSR count). The Morgan fingerprint density at radius 1 is 1.47 bits per heavy atom. The second-order valence-corrected chi connectivity index (χ2v) is 6.66. The van der Waals surface area contributed by atoms with Crippen molar-refractivity contribution in [1.29, 1.82) is 0 Å². The number of aromatic carboxylic acids is 1. The van der Waals surface area contributed by atoms with Crippen LogP contribution in [0.2, 0.25) is 0 Å². The van der Waals surface area contributed by atoms with Crippen LogP contribution in [-0.2, 0) is 10.0 Å². The van der Waals surface area contributed by atoms with E-state index >= 15 is 0 Å². The molecule has 0 radical (unpaired) electrons. The van der Waals surface area contributed by atoms with Gasteiger partial charge in [-0.15, -0.1) is 0 Å². The van der Waals surface area contributed by atoms with Gasteiger partial charge >= 0.3 is 5.97 Å². The van der Waals surface area contributed by atoms with Crippen LogP contribution >= 0.6 is 0 Å². The molecule has 1 atom stereocenters. The first kappa shape index (κ1) is 13.9. The molecule has 1 aliphatic rings. The highest BCUT2D eigenvalue weighted by Crippen LogP contribution is 2.25. The zero-order valence-corrected chi connectivity index (χ0v) is 11.1. The molecule has 0 bridgehead atoms. The van der Waals surface area contributed by atoms with Crippen molar-refractivity contribution in [3.63, 3.8) is 0 Å². The van der Waals surface area contributed by atoms with E-state index < -0.39 is 21.6 Å². The predicted molar refractivity (Wildman–Crippen MR) is 65.2 cm³/mol. The number of nitrogens with zero attached hydrogens (tertiary/aromatic N) is 2. The van der Waals surface area contributed by atoms with Crippen LogP contribution in [0.1, 0.15) is 23.7 Å². The highest BCUT2D eigenvalue weighted by molar-refractivity contribution is 7.89. The molecule has 0 amide bonds. The molecule has 1 aromatic heterocycles. The molecular formula is C11H14N2O5S. The maximum Gasteiger partial charge on any atom is 0.337 e. The Labute approximate surface area is 110 Å². The highest BCUT2D eigenvalue weighted by atomic mass is 32.2. The number of carboxylic acid groups (broad SMARTS) is 1. The van der Waals surface area contributed by atoms with Crippen LogP contribution in [0.4, 0.5) is 0 Å². The van der Waals surface area contributed by atoms with Crippen LogP contribution in [0.5, 0.6) is 0 Å². The van der Waals surface area contributed by atoms with Crippen LogP contribution < -0.4 is 0 Å². The predicted octanol–water partition coefficient (Wildman–Crippen LogP) is -0.0748. The summed E-state index contributed by atoms with van der Waals surface area (Å²) in [4.78, 5) is 14.3. The fourth-order valence-corrected chi connectivity index (χ4v) is 3.37. The lowest BCUT2D eigenvalue weighted by molar-refractivity contribution is 0.0695. The van der Waals surface area contributed by atoms with E-state index in [-0.39, 0.29) is 23.7 Å². The van der Waals surface area contributed by atoms with Crippen molar-refractivity contribution in [1.82, 2.24) is 9.29 Å². The summed E-state index contributed by atoms with van der Waals surface area (Å²) in [6.07, 6.45) is 1.36. The Morgan fingerprint density at radius 3 is 2.58 bits per heavy atom. The van der Waals surface area contributed by atoms with Gasteiger partial charge in [0, 0.05) is 19.3 Å². The van der Waals surface area contributed by atoms with Crippen molar-refractivity contribution in [2.75, 3.05) is 13.1 Å². The monoisotopic (exact) mass is 286 g/mol. The summed E-state index contributed by atoms with van der Waals surface area (Å²) in [6, 6.07) is 2.35. The number of sulfonamides is 1. The Bertz CT molecular complexity index is 594. The van der Waals surface area contributed by atoms with E-state index in [0.717, 1.165) is 16.6 Å². The van der Waals surface area contributed by atoms with Gasteiger partial charge in [-0.3, -0.25) is 0 Å². The van der Waals surface area contributed by atoms with Gasteiger partial charge < -0.3 is 10.2 Å². The van der Waals surface area contributed by atoms with Crippen LogP contribution in [0.3, 0.4) is 0 Å². The minimum Gasteiger partial charge on any atom is -0.478 e. The first-order valence-electron chi connectivity index (χ1n) is 5.64. The lowest BCUT2D eigenvalue weighted by Gasteiger charge is -2.18. The van der Waals surface area contributed by atoms with Gasteiger partial charge in [0.05, 0.1) is 11.2 Å². The van der Waals surface area contributed by atoms with Crippen LogP contribution in [0.25, 0.3) is 0 Å². The molecule has 0 saturated carbocycles. The van der Waals surface area contributed by atoms with Crippen molar-refractivity contribution in [2.24, 2.45) is 0 Å². The number of rotatable bonds is 3. The van der Waals surface area contributed by atoms with Gasteiger partial charge in [0.1, 0.15) is 0 Å². The topological polar surface area (TPSA) is 108 Å². The molecule has 0 aromatic carbocycles. The molecule has 2 N–H and O–H groups in total. The van der Waals surface area contributed by atoms with E-state index in [2.05, 4.69) is 4.98 Å². The normalized spacial score (nSPS) is 24.5. The Balaban J connectivity index is 2.28. The summed E-state index contributed by atoms with van der Waals surface area (Å²) < 4.78 is 25.6. The molecule has 19 heavy (non-hydrogen) atoms. The second kappa shape index (κ2) is 4.55. The number of hydrogen-bond acceptors (Lipinski definition) is 5. The second-order valence-electron chi connectivity index (χ2n) is 4.78. The van der Waals surface area contributed by atoms with Crippen molar-refractivity contribution in [3.8, 4) is 0 Å². The Morgan fingerprint density at radius 2 is 2.16 bits per heavy atom. The van der Waals surface area contributed by atoms with Gasteiger partial charge in [-0.2, -0.15) is 4.31 Å². The molecule has 1 unspecified atom stereocenters. The summed E-state index contributed by atoms with van der Waals surface area (Å²) in [5.74, 6) is -1.17. The van der Waals surface area contributed by atoms with Gasteiger partial charge in [0.15, 0.2) is 5.03 Å². The van der Waals surface area contributed by atoms with E-state index in [1.54, 1.807) is 6.92 Å². The average molecular weight is 286 g/mol. The molecule has 2 heterocycles.